The molecule has 1 N–H and O–H groups in total. The summed E-state index contributed by atoms with van der Waals surface area (Å²) in [5.41, 5.74) is 2.22. The average molecular weight is 229 g/mol. The predicted molar refractivity (Wildman–Crippen MR) is 73.1 cm³/mol. The van der Waals surface area contributed by atoms with Crippen LogP contribution in [0.2, 0.25) is 0 Å². The van der Waals surface area contributed by atoms with Gasteiger partial charge in [-0.1, -0.05) is 24.6 Å². The first-order chi connectivity index (χ1) is 8.29. The molecule has 2 aromatic rings. The zero-order chi connectivity index (χ0) is 12.1. The lowest BCUT2D eigenvalue weighted by atomic mass is 10.2. The van der Waals surface area contributed by atoms with E-state index in [1.54, 1.807) is 0 Å². The molecule has 0 unspecified atom stereocenters. The van der Waals surface area contributed by atoms with Crippen LogP contribution < -0.4 is 5.32 Å². The van der Waals surface area contributed by atoms with Crippen molar-refractivity contribution in [3.8, 4) is 0 Å². The molecule has 0 bridgehead atoms. The quantitative estimate of drug-likeness (QED) is 0.790. The molecular weight excluding hydrogens is 210 g/mol. The third-order valence-electron chi connectivity index (χ3n) is 2.71. The van der Waals surface area contributed by atoms with Gasteiger partial charge in [0.05, 0.1) is 0 Å². The fourth-order valence-corrected chi connectivity index (χ4v) is 1.83. The van der Waals surface area contributed by atoms with Gasteiger partial charge in [-0.3, -0.25) is 0 Å². The zero-order valence-corrected chi connectivity index (χ0v) is 10.5. The SMILES string of the molecule is CCNCC/C=C/c1cc2cc(C)ccc2o1. The molecule has 90 valence electrons. The second kappa shape index (κ2) is 5.69. The molecule has 2 heteroatoms. The number of hydrogen-bond acceptors (Lipinski definition) is 2. The number of fused-ring (bicyclic) bond motifs is 1. The minimum atomic E-state index is 0.932. The van der Waals surface area contributed by atoms with Crippen molar-refractivity contribution in [2.75, 3.05) is 13.1 Å². The molecule has 0 spiro atoms. The summed E-state index contributed by atoms with van der Waals surface area (Å²) < 4.78 is 5.72. The Balaban J connectivity index is 2.04. The highest BCUT2D eigenvalue weighted by Gasteiger charge is 2.00. The Bertz CT molecular complexity index is 511. The predicted octanol–water partition coefficient (Wildman–Crippen LogP) is 3.75. The third kappa shape index (κ3) is 3.21. The van der Waals surface area contributed by atoms with Crippen molar-refractivity contribution < 1.29 is 4.42 Å². The van der Waals surface area contributed by atoms with Crippen LogP contribution in [0.25, 0.3) is 17.0 Å². The maximum absolute atomic E-state index is 5.72. The molecule has 0 amide bonds. The fourth-order valence-electron chi connectivity index (χ4n) is 1.83. The fraction of sp³-hybridized carbons (Fsp3) is 0.333. The van der Waals surface area contributed by atoms with E-state index >= 15 is 0 Å². The van der Waals surface area contributed by atoms with Crippen molar-refractivity contribution >= 4 is 17.0 Å². The Morgan fingerprint density at radius 2 is 2.18 bits per heavy atom. The molecule has 0 aliphatic rings. The van der Waals surface area contributed by atoms with E-state index in [2.05, 4.69) is 43.4 Å². The number of furan rings is 1. The highest BCUT2D eigenvalue weighted by molar-refractivity contribution is 5.80. The summed E-state index contributed by atoms with van der Waals surface area (Å²) in [5.74, 6) is 0.932. The molecule has 0 saturated heterocycles. The van der Waals surface area contributed by atoms with Crippen LogP contribution in [0.3, 0.4) is 0 Å². The molecular formula is C15H19NO. The van der Waals surface area contributed by atoms with Crippen LogP contribution >= 0.6 is 0 Å². The summed E-state index contributed by atoms with van der Waals surface area (Å²) in [4.78, 5) is 0. The third-order valence-corrected chi connectivity index (χ3v) is 2.71. The molecule has 0 aliphatic heterocycles. The molecule has 1 aromatic heterocycles. The second-order valence-corrected chi connectivity index (χ2v) is 4.23. The van der Waals surface area contributed by atoms with Gasteiger partial charge in [-0.15, -0.1) is 0 Å². The molecule has 1 heterocycles. The van der Waals surface area contributed by atoms with Gasteiger partial charge in [0.2, 0.25) is 0 Å². The van der Waals surface area contributed by atoms with Crippen molar-refractivity contribution in [1.29, 1.82) is 0 Å². The molecule has 2 rings (SSSR count). The number of aryl methyl sites for hydroxylation is 1. The smallest absolute Gasteiger partial charge is 0.134 e. The maximum atomic E-state index is 5.72. The van der Waals surface area contributed by atoms with Gasteiger partial charge in [0.1, 0.15) is 11.3 Å². The molecule has 0 aliphatic carbocycles. The summed E-state index contributed by atoms with van der Waals surface area (Å²) >= 11 is 0. The van der Waals surface area contributed by atoms with E-state index in [1.807, 2.05) is 12.1 Å². The number of nitrogens with one attached hydrogen (secondary N) is 1. The normalized spacial score (nSPS) is 11.6. The van der Waals surface area contributed by atoms with Gasteiger partial charge in [0.15, 0.2) is 0 Å². The van der Waals surface area contributed by atoms with Crippen LogP contribution in [0.15, 0.2) is 34.8 Å². The maximum Gasteiger partial charge on any atom is 0.134 e. The van der Waals surface area contributed by atoms with Crippen LogP contribution in [0.4, 0.5) is 0 Å². The first-order valence-corrected chi connectivity index (χ1v) is 6.17. The molecule has 1 aromatic carbocycles. The van der Waals surface area contributed by atoms with Crippen molar-refractivity contribution in [3.05, 3.63) is 41.7 Å². The monoisotopic (exact) mass is 229 g/mol. The van der Waals surface area contributed by atoms with E-state index in [0.29, 0.717) is 0 Å². The molecule has 17 heavy (non-hydrogen) atoms. The largest absolute Gasteiger partial charge is 0.457 e. The van der Waals surface area contributed by atoms with Crippen molar-refractivity contribution in [2.24, 2.45) is 0 Å². The topological polar surface area (TPSA) is 25.2 Å². The van der Waals surface area contributed by atoms with Crippen LogP contribution in [-0.4, -0.2) is 13.1 Å². The summed E-state index contributed by atoms with van der Waals surface area (Å²) in [7, 11) is 0. The first-order valence-electron chi connectivity index (χ1n) is 6.17. The average Bonchev–Trinajstić information content (AvgIpc) is 2.70. The minimum absolute atomic E-state index is 0.932. The molecule has 2 nitrogen and oxygen atoms in total. The van der Waals surface area contributed by atoms with Crippen LogP contribution in [-0.2, 0) is 0 Å². The Kier molecular flexibility index (Phi) is 3.99. The van der Waals surface area contributed by atoms with E-state index in [-0.39, 0.29) is 0 Å². The van der Waals surface area contributed by atoms with E-state index in [9.17, 15) is 0 Å². The van der Waals surface area contributed by atoms with Gasteiger partial charge in [-0.05, 0) is 50.7 Å². The minimum Gasteiger partial charge on any atom is -0.457 e. The van der Waals surface area contributed by atoms with Crippen molar-refractivity contribution in [2.45, 2.75) is 20.3 Å². The van der Waals surface area contributed by atoms with Crippen LogP contribution in [0, 0.1) is 6.92 Å². The second-order valence-electron chi connectivity index (χ2n) is 4.23. The highest BCUT2D eigenvalue weighted by Crippen LogP contribution is 2.21. The molecule has 0 fully saturated rings. The summed E-state index contributed by atoms with van der Waals surface area (Å²) in [6, 6.07) is 8.34. The van der Waals surface area contributed by atoms with E-state index in [1.165, 1.54) is 10.9 Å². The van der Waals surface area contributed by atoms with Gasteiger partial charge in [-0.25, -0.2) is 0 Å². The Morgan fingerprint density at radius 1 is 1.29 bits per heavy atom. The standard InChI is InChI=1S/C15H19NO/c1-3-16-9-5-4-6-14-11-13-10-12(2)7-8-15(13)17-14/h4,6-8,10-11,16H,3,5,9H2,1-2H3/b6-4+. The number of benzene rings is 1. The Morgan fingerprint density at radius 3 is 3.00 bits per heavy atom. The lowest BCUT2D eigenvalue weighted by Gasteiger charge is -1.94. The van der Waals surface area contributed by atoms with E-state index in [4.69, 9.17) is 4.42 Å². The zero-order valence-electron chi connectivity index (χ0n) is 10.5. The van der Waals surface area contributed by atoms with Gasteiger partial charge >= 0.3 is 0 Å². The summed E-state index contributed by atoms with van der Waals surface area (Å²) in [6.07, 6.45) is 5.23. The number of rotatable bonds is 5. The summed E-state index contributed by atoms with van der Waals surface area (Å²) in [5, 5.41) is 4.46. The van der Waals surface area contributed by atoms with Crippen molar-refractivity contribution in [3.63, 3.8) is 0 Å². The molecule has 0 atom stereocenters. The number of hydrogen-bond donors (Lipinski definition) is 1. The highest BCUT2D eigenvalue weighted by atomic mass is 16.3. The molecule has 0 saturated carbocycles. The van der Waals surface area contributed by atoms with Crippen LogP contribution in [0.5, 0.6) is 0 Å². The lowest BCUT2D eigenvalue weighted by Crippen LogP contribution is -2.12. The molecule has 0 radical (unpaired) electrons. The first kappa shape index (κ1) is 11.9. The lowest BCUT2D eigenvalue weighted by molar-refractivity contribution is 0.604. The van der Waals surface area contributed by atoms with E-state index in [0.717, 1.165) is 30.9 Å². The van der Waals surface area contributed by atoms with Gasteiger partial charge in [-0.2, -0.15) is 0 Å². The Labute approximate surface area is 102 Å². The summed E-state index contributed by atoms with van der Waals surface area (Å²) in [6.45, 7) is 6.26. The Hall–Kier alpha value is -1.54. The van der Waals surface area contributed by atoms with Gasteiger partial charge < -0.3 is 9.73 Å². The van der Waals surface area contributed by atoms with Crippen molar-refractivity contribution in [1.82, 2.24) is 5.32 Å². The van der Waals surface area contributed by atoms with Gasteiger partial charge in [0, 0.05) is 5.39 Å². The van der Waals surface area contributed by atoms with Crippen LogP contribution in [0.1, 0.15) is 24.7 Å². The van der Waals surface area contributed by atoms with Gasteiger partial charge in [0.25, 0.3) is 0 Å². The van der Waals surface area contributed by atoms with E-state index < -0.39 is 0 Å².